The fourth-order valence-electron chi connectivity index (χ4n) is 3.29. The van der Waals surface area contributed by atoms with E-state index >= 15 is 0 Å². The molecular weight excluding hydrogens is 344 g/mol. The van der Waals surface area contributed by atoms with Gasteiger partial charge in [-0.3, -0.25) is 9.59 Å². The van der Waals surface area contributed by atoms with Gasteiger partial charge < -0.3 is 14.7 Å². The van der Waals surface area contributed by atoms with Crippen LogP contribution in [-0.2, 0) is 11.3 Å². The predicted octanol–water partition coefficient (Wildman–Crippen LogP) is 0.278. The number of nitrogens with zero attached hydrogens (tertiary/aromatic N) is 6. The maximum atomic E-state index is 12.4. The molecule has 2 heterocycles. The number of hydrogen-bond acceptors (Lipinski definition) is 6. The Balaban J connectivity index is 1.45. The van der Waals surface area contributed by atoms with Gasteiger partial charge in [-0.2, -0.15) is 0 Å². The molecule has 27 heavy (non-hydrogen) atoms. The van der Waals surface area contributed by atoms with Gasteiger partial charge in [0.1, 0.15) is 5.52 Å². The van der Waals surface area contributed by atoms with E-state index in [1.807, 2.05) is 13.1 Å². The second-order valence-electron chi connectivity index (χ2n) is 7.20. The van der Waals surface area contributed by atoms with Crippen LogP contribution in [0.2, 0.25) is 0 Å². The second-order valence-corrected chi connectivity index (χ2v) is 7.20. The highest BCUT2D eigenvalue weighted by molar-refractivity contribution is 5.77. The Morgan fingerprint density at radius 2 is 1.89 bits per heavy atom. The predicted molar refractivity (Wildman–Crippen MR) is 105 cm³/mol. The Morgan fingerprint density at radius 3 is 2.67 bits per heavy atom. The molecule has 1 aliphatic rings. The summed E-state index contributed by atoms with van der Waals surface area (Å²) in [4.78, 5) is 31.3. The molecule has 1 aliphatic heterocycles. The molecule has 0 spiro atoms. The summed E-state index contributed by atoms with van der Waals surface area (Å²) in [5.74, 6) is 0.0234. The average molecular weight is 372 g/mol. The van der Waals surface area contributed by atoms with E-state index in [1.165, 1.54) is 4.68 Å². The van der Waals surface area contributed by atoms with Crippen LogP contribution in [0.3, 0.4) is 0 Å². The van der Waals surface area contributed by atoms with Gasteiger partial charge in [0.05, 0.1) is 11.9 Å². The lowest BCUT2D eigenvalue weighted by molar-refractivity contribution is -0.130. The van der Waals surface area contributed by atoms with Crippen LogP contribution in [0.5, 0.6) is 0 Å². The van der Waals surface area contributed by atoms with Crippen LogP contribution >= 0.6 is 0 Å². The van der Waals surface area contributed by atoms with Gasteiger partial charge in [-0.15, -0.1) is 5.10 Å². The number of hydrogen-bond donors (Lipinski definition) is 0. The molecule has 1 saturated heterocycles. The van der Waals surface area contributed by atoms with E-state index in [9.17, 15) is 9.59 Å². The maximum Gasteiger partial charge on any atom is 0.277 e. The highest BCUT2D eigenvalue weighted by Gasteiger charge is 2.15. The van der Waals surface area contributed by atoms with Gasteiger partial charge in [0, 0.05) is 46.2 Å². The summed E-state index contributed by atoms with van der Waals surface area (Å²) in [6.45, 7) is 6.39. The minimum atomic E-state index is -0.203. The molecule has 1 aromatic heterocycles. The molecule has 0 unspecified atom stereocenters. The first kappa shape index (κ1) is 19.4. The van der Waals surface area contributed by atoms with E-state index in [1.54, 1.807) is 23.1 Å². The molecule has 0 bridgehead atoms. The largest absolute Gasteiger partial charge is 0.346 e. The van der Waals surface area contributed by atoms with Crippen molar-refractivity contribution in [2.75, 3.05) is 53.4 Å². The fourth-order valence-corrected chi connectivity index (χ4v) is 3.29. The highest BCUT2D eigenvalue weighted by Crippen LogP contribution is 2.04. The first-order chi connectivity index (χ1) is 13.0. The maximum absolute atomic E-state index is 12.4. The van der Waals surface area contributed by atoms with Gasteiger partial charge >= 0.3 is 0 Å². The van der Waals surface area contributed by atoms with Crippen LogP contribution in [0.1, 0.15) is 12.8 Å². The molecular formula is C19H28N6O2. The Labute approximate surface area is 159 Å². The zero-order valence-corrected chi connectivity index (χ0v) is 16.2. The molecule has 0 saturated carbocycles. The van der Waals surface area contributed by atoms with Crippen LogP contribution in [-0.4, -0.2) is 89.0 Å². The number of fused-ring (bicyclic) bond motifs is 1. The van der Waals surface area contributed by atoms with Crippen molar-refractivity contribution in [1.29, 1.82) is 0 Å². The quantitative estimate of drug-likeness (QED) is 0.695. The Morgan fingerprint density at radius 1 is 1.15 bits per heavy atom. The molecule has 0 aliphatic carbocycles. The van der Waals surface area contributed by atoms with E-state index < -0.39 is 0 Å². The number of aryl methyl sites for hydroxylation is 1. The molecule has 8 heteroatoms. The number of rotatable bonds is 7. The Hall–Kier alpha value is -2.32. The van der Waals surface area contributed by atoms with Crippen LogP contribution in [0.15, 0.2) is 29.1 Å². The number of aromatic nitrogens is 3. The molecule has 0 atom stereocenters. The molecule has 3 rings (SSSR count). The van der Waals surface area contributed by atoms with Crippen LogP contribution in [0.25, 0.3) is 10.9 Å². The average Bonchev–Trinajstić information content (AvgIpc) is 2.69. The van der Waals surface area contributed by atoms with Crippen molar-refractivity contribution in [2.45, 2.75) is 19.4 Å². The SMILES string of the molecule is CN1CCN(CCCN(C)C(=O)CCn2nnc3ccccc3c2=O)CC1. The van der Waals surface area contributed by atoms with E-state index in [-0.39, 0.29) is 24.4 Å². The summed E-state index contributed by atoms with van der Waals surface area (Å²) in [6.07, 6.45) is 1.21. The van der Waals surface area contributed by atoms with E-state index in [4.69, 9.17) is 0 Å². The molecule has 0 radical (unpaired) electrons. The molecule has 0 N–H and O–H groups in total. The van der Waals surface area contributed by atoms with Crippen LogP contribution in [0, 0.1) is 0 Å². The topological polar surface area (TPSA) is 74.6 Å². The van der Waals surface area contributed by atoms with Gasteiger partial charge in [-0.05, 0) is 32.1 Å². The van der Waals surface area contributed by atoms with Crippen molar-refractivity contribution in [1.82, 2.24) is 29.7 Å². The van der Waals surface area contributed by atoms with Crippen LogP contribution < -0.4 is 5.56 Å². The zero-order valence-electron chi connectivity index (χ0n) is 16.2. The lowest BCUT2D eigenvalue weighted by Gasteiger charge is -2.32. The zero-order chi connectivity index (χ0) is 19.2. The van der Waals surface area contributed by atoms with Crippen molar-refractivity contribution >= 4 is 16.8 Å². The third-order valence-electron chi connectivity index (χ3n) is 5.16. The van der Waals surface area contributed by atoms with Crippen molar-refractivity contribution in [3.8, 4) is 0 Å². The fraction of sp³-hybridized carbons (Fsp3) is 0.579. The molecule has 8 nitrogen and oxygen atoms in total. The lowest BCUT2D eigenvalue weighted by Crippen LogP contribution is -2.45. The van der Waals surface area contributed by atoms with Gasteiger partial charge in [0.25, 0.3) is 5.56 Å². The summed E-state index contributed by atoms with van der Waals surface area (Å²) in [7, 11) is 3.97. The number of likely N-dealkylation sites (N-methyl/N-ethyl adjacent to an activating group) is 1. The number of amides is 1. The number of carbonyl (C=O) groups is 1. The minimum absolute atomic E-state index is 0.0234. The van der Waals surface area contributed by atoms with Gasteiger partial charge in [0.2, 0.25) is 5.91 Å². The van der Waals surface area contributed by atoms with Crippen molar-refractivity contribution in [3.63, 3.8) is 0 Å². The number of carbonyl (C=O) groups excluding carboxylic acids is 1. The number of benzene rings is 1. The monoisotopic (exact) mass is 372 g/mol. The lowest BCUT2D eigenvalue weighted by atomic mass is 10.2. The second kappa shape index (κ2) is 9.05. The summed E-state index contributed by atoms with van der Waals surface area (Å²) in [5, 5.41) is 8.52. The highest BCUT2D eigenvalue weighted by atomic mass is 16.2. The first-order valence-electron chi connectivity index (χ1n) is 9.52. The third kappa shape index (κ3) is 5.11. The van der Waals surface area contributed by atoms with E-state index in [0.717, 1.165) is 45.7 Å². The molecule has 1 aromatic carbocycles. The Bertz CT molecular complexity index is 828. The number of piperazine rings is 1. The molecule has 1 amide bonds. The normalized spacial score (nSPS) is 15.9. The summed E-state index contributed by atoms with van der Waals surface area (Å²) < 4.78 is 1.28. The van der Waals surface area contributed by atoms with Crippen molar-refractivity contribution in [3.05, 3.63) is 34.6 Å². The van der Waals surface area contributed by atoms with Crippen molar-refractivity contribution < 1.29 is 4.79 Å². The van der Waals surface area contributed by atoms with Gasteiger partial charge in [-0.25, -0.2) is 4.68 Å². The summed E-state index contributed by atoms with van der Waals surface area (Å²) in [6, 6.07) is 7.11. The molecule has 1 fully saturated rings. The third-order valence-corrected chi connectivity index (χ3v) is 5.16. The van der Waals surface area contributed by atoms with Crippen molar-refractivity contribution in [2.24, 2.45) is 0 Å². The summed E-state index contributed by atoms with van der Waals surface area (Å²) >= 11 is 0. The van der Waals surface area contributed by atoms with E-state index in [0.29, 0.717) is 10.9 Å². The summed E-state index contributed by atoms with van der Waals surface area (Å²) in [5.41, 5.74) is 0.372. The molecule has 2 aromatic rings. The molecule has 146 valence electrons. The first-order valence-corrected chi connectivity index (χ1v) is 9.52. The van der Waals surface area contributed by atoms with Gasteiger partial charge in [-0.1, -0.05) is 17.3 Å². The Kier molecular flexibility index (Phi) is 6.52. The smallest absolute Gasteiger partial charge is 0.277 e. The van der Waals surface area contributed by atoms with E-state index in [2.05, 4.69) is 27.2 Å². The van der Waals surface area contributed by atoms with Gasteiger partial charge in [0.15, 0.2) is 0 Å². The minimum Gasteiger partial charge on any atom is -0.346 e. The standard InChI is InChI=1S/C19H28N6O2/c1-22-12-14-24(15-13-22)10-5-9-23(2)18(26)8-11-25-19(27)16-6-3-4-7-17(16)20-21-25/h3-4,6-7H,5,8-15H2,1-2H3. The van der Waals surface area contributed by atoms with Crippen LogP contribution in [0.4, 0.5) is 0 Å².